The second kappa shape index (κ2) is 17.2. The van der Waals surface area contributed by atoms with Gasteiger partial charge in [-0.1, -0.05) is 13.8 Å². The normalized spacial score (nSPS) is 15.7. The molecule has 0 saturated carbocycles. The van der Waals surface area contributed by atoms with Crippen LogP contribution in [-0.4, -0.2) is 93.6 Å². The number of ketones is 1. The highest BCUT2D eigenvalue weighted by atomic mass is 16.5. The van der Waals surface area contributed by atoms with Crippen LogP contribution in [0.1, 0.15) is 46.0 Å². The van der Waals surface area contributed by atoms with E-state index in [-0.39, 0.29) is 81.0 Å². The zero-order valence-corrected chi connectivity index (χ0v) is 19.7. The number of Topliss-reactive ketones (excluding diaryl/α,β-unsaturated/α-hetero) is 1. The summed E-state index contributed by atoms with van der Waals surface area (Å²) in [6.45, 7) is 5.96. The molecule has 0 aromatic rings. The van der Waals surface area contributed by atoms with Crippen molar-refractivity contribution >= 4 is 29.4 Å². The molecule has 2 N–H and O–H groups in total. The second-order valence-corrected chi connectivity index (χ2v) is 7.80. The maximum atomic E-state index is 11.8. The minimum atomic E-state index is -0.316. The minimum absolute atomic E-state index is 0.0276. The average Bonchev–Trinajstić information content (AvgIpc) is 3.02. The van der Waals surface area contributed by atoms with Gasteiger partial charge in [0.05, 0.1) is 19.8 Å². The number of amides is 4. The first-order valence-corrected chi connectivity index (χ1v) is 11.5. The third-order valence-corrected chi connectivity index (χ3v) is 4.77. The summed E-state index contributed by atoms with van der Waals surface area (Å²) < 4.78 is 15.7. The maximum Gasteiger partial charge on any atom is 0.246 e. The Labute approximate surface area is 194 Å². The van der Waals surface area contributed by atoms with Crippen LogP contribution in [0.4, 0.5) is 0 Å². The van der Waals surface area contributed by atoms with Gasteiger partial charge in [0.25, 0.3) is 0 Å². The van der Waals surface area contributed by atoms with E-state index in [1.165, 1.54) is 0 Å². The lowest BCUT2D eigenvalue weighted by molar-refractivity contribution is -0.139. The summed E-state index contributed by atoms with van der Waals surface area (Å²) in [5.41, 5.74) is 0. The molecular formula is C22H37N3O8. The molecule has 4 amide bonds. The van der Waals surface area contributed by atoms with E-state index < -0.39 is 0 Å². The maximum absolute atomic E-state index is 11.8. The Hall–Kier alpha value is -2.37. The van der Waals surface area contributed by atoms with E-state index in [1.54, 1.807) is 6.92 Å². The van der Waals surface area contributed by atoms with E-state index in [0.29, 0.717) is 39.3 Å². The summed E-state index contributed by atoms with van der Waals surface area (Å²) >= 11 is 0. The molecule has 1 heterocycles. The van der Waals surface area contributed by atoms with E-state index in [2.05, 4.69) is 10.6 Å². The predicted octanol–water partition coefficient (Wildman–Crippen LogP) is -0.187. The molecule has 0 bridgehead atoms. The fraction of sp³-hybridized carbons (Fsp3) is 0.773. The van der Waals surface area contributed by atoms with E-state index in [1.807, 2.05) is 6.92 Å². The molecule has 1 aliphatic rings. The largest absolute Gasteiger partial charge is 0.377 e. The molecule has 33 heavy (non-hydrogen) atoms. The summed E-state index contributed by atoms with van der Waals surface area (Å²) in [6, 6.07) is 0. The number of rotatable bonds is 19. The number of hydrogen-bond acceptors (Lipinski definition) is 8. The smallest absolute Gasteiger partial charge is 0.246 e. The van der Waals surface area contributed by atoms with Crippen molar-refractivity contribution in [2.45, 2.75) is 46.0 Å². The Morgan fingerprint density at radius 2 is 1.61 bits per heavy atom. The number of carbonyl (C=O) groups is 5. The van der Waals surface area contributed by atoms with Crippen LogP contribution < -0.4 is 10.6 Å². The van der Waals surface area contributed by atoms with Gasteiger partial charge >= 0.3 is 0 Å². The lowest BCUT2D eigenvalue weighted by Crippen LogP contribution is -2.35. The van der Waals surface area contributed by atoms with Crippen molar-refractivity contribution < 1.29 is 38.2 Å². The highest BCUT2D eigenvalue weighted by molar-refractivity contribution is 6.03. The lowest BCUT2D eigenvalue weighted by atomic mass is 10.1. The van der Waals surface area contributed by atoms with Gasteiger partial charge in [0.15, 0.2) is 5.78 Å². The van der Waals surface area contributed by atoms with E-state index in [9.17, 15) is 24.0 Å². The van der Waals surface area contributed by atoms with Crippen LogP contribution in [0.15, 0.2) is 0 Å². The molecule has 1 fully saturated rings. The van der Waals surface area contributed by atoms with E-state index in [4.69, 9.17) is 14.2 Å². The SMILES string of the molecule is CCCOCC(=O)NCCOCCOCC(=O)CCCNC(=O)CCN1C(=O)CC(C)C1=O. The minimum Gasteiger partial charge on any atom is -0.377 e. The van der Waals surface area contributed by atoms with Crippen LogP contribution >= 0.6 is 0 Å². The number of ether oxygens (including phenoxy) is 3. The number of nitrogens with zero attached hydrogens (tertiary/aromatic N) is 1. The van der Waals surface area contributed by atoms with Gasteiger partial charge in [-0.2, -0.15) is 0 Å². The van der Waals surface area contributed by atoms with Crippen LogP contribution in [-0.2, 0) is 38.2 Å². The molecule has 0 spiro atoms. The Morgan fingerprint density at radius 1 is 0.909 bits per heavy atom. The van der Waals surface area contributed by atoms with E-state index >= 15 is 0 Å². The first kappa shape index (κ1) is 28.7. The summed E-state index contributed by atoms with van der Waals surface area (Å²) in [5.74, 6) is -1.31. The second-order valence-electron chi connectivity index (χ2n) is 7.80. The summed E-state index contributed by atoms with van der Waals surface area (Å²) in [7, 11) is 0. The molecule has 0 radical (unpaired) electrons. The van der Waals surface area contributed by atoms with Crippen molar-refractivity contribution in [1.82, 2.24) is 15.5 Å². The highest BCUT2D eigenvalue weighted by Crippen LogP contribution is 2.18. The van der Waals surface area contributed by atoms with Crippen LogP contribution in [0.2, 0.25) is 0 Å². The fourth-order valence-electron chi connectivity index (χ4n) is 3.00. The van der Waals surface area contributed by atoms with Crippen molar-refractivity contribution in [1.29, 1.82) is 0 Å². The quantitative estimate of drug-likeness (QED) is 0.195. The molecular weight excluding hydrogens is 434 g/mol. The summed E-state index contributed by atoms with van der Waals surface area (Å²) in [6.07, 6.45) is 1.86. The van der Waals surface area contributed by atoms with Crippen molar-refractivity contribution in [3.05, 3.63) is 0 Å². The molecule has 0 aliphatic carbocycles. The number of hydrogen-bond donors (Lipinski definition) is 2. The third-order valence-electron chi connectivity index (χ3n) is 4.77. The van der Waals surface area contributed by atoms with Crippen molar-refractivity contribution in [2.75, 3.05) is 59.3 Å². The topological polar surface area (TPSA) is 140 Å². The molecule has 1 saturated heterocycles. The van der Waals surface area contributed by atoms with Crippen molar-refractivity contribution in [3.8, 4) is 0 Å². The molecule has 1 unspecified atom stereocenters. The molecule has 188 valence electrons. The first-order valence-electron chi connectivity index (χ1n) is 11.5. The van der Waals surface area contributed by atoms with Gasteiger partial charge in [-0.3, -0.25) is 28.9 Å². The molecule has 1 atom stereocenters. The molecule has 1 aliphatic heterocycles. The van der Waals surface area contributed by atoms with Gasteiger partial charge in [-0.25, -0.2) is 0 Å². The lowest BCUT2D eigenvalue weighted by Gasteiger charge is -2.13. The van der Waals surface area contributed by atoms with Crippen LogP contribution in [0.3, 0.4) is 0 Å². The summed E-state index contributed by atoms with van der Waals surface area (Å²) in [4.78, 5) is 59.6. The van der Waals surface area contributed by atoms with Gasteiger partial charge in [0, 0.05) is 51.4 Å². The van der Waals surface area contributed by atoms with Crippen LogP contribution in [0.5, 0.6) is 0 Å². The zero-order valence-electron chi connectivity index (χ0n) is 19.7. The Kier molecular flexibility index (Phi) is 14.9. The van der Waals surface area contributed by atoms with Crippen LogP contribution in [0, 0.1) is 5.92 Å². The number of imide groups is 1. The zero-order chi connectivity index (χ0) is 24.5. The Bertz CT molecular complexity index is 656. The summed E-state index contributed by atoms with van der Waals surface area (Å²) in [5, 5.41) is 5.35. The first-order chi connectivity index (χ1) is 15.8. The van der Waals surface area contributed by atoms with Gasteiger partial charge < -0.3 is 24.8 Å². The van der Waals surface area contributed by atoms with Gasteiger partial charge in [0.1, 0.15) is 13.2 Å². The number of likely N-dealkylation sites (tertiary alicyclic amines) is 1. The molecule has 11 nitrogen and oxygen atoms in total. The van der Waals surface area contributed by atoms with Gasteiger partial charge in [-0.05, 0) is 12.8 Å². The molecule has 1 rings (SSSR count). The van der Waals surface area contributed by atoms with Crippen LogP contribution in [0.25, 0.3) is 0 Å². The highest BCUT2D eigenvalue weighted by Gasteiger charge is 2.35. The Balaban J connectivity index is 1.92. The number of carbonyl (C=O) groups excluding carboxylic acids is 5. The fourth-order valence-corrected chi connectivity index (χ4v) is 3.00. The third kappa shape index (κ3) is 13.1. The Morgan fingerprint density at radius 3 is 2.30 bits per heavy atom. The standard InChI is InChI=1S/C22H37N3O8/c1-3-10-32-16-20(28)24-8-11-31-12-13-33-15-18(26)5-4-7-23-19(27)6-9-25-21(29)14-17(2)22(25)30/h17H,3-16H2,1-2H3,(H,23,27)(H,24,28). The van der Waals surface area contributed by atoms with Gasteiger partial charge in [-0.15, -0.1) is 0 Å². The molecule has 0 aromatic carbocycles. The number of nitrogens with one attached hydrogen (secondary N) is 2. The van der Waals surface area contributed by atoms with E-state index in [0.717, 1.165) is 11.3 Å². The molecule has 0 aromatic heterocycles. The monoisotopic (exact) mass is 471 g/mol. The van der Waals surface area contributed by atoms with Gasteiger partial charge in [0.2, 0.25) is 23.6 Å². The molecule has 11 heteroatoms. The predicted molar refractivity (Wildman–Crippen MR) is 118 cm³/mol. The average molecular weight is 472 g/mol. The van der Waals surface area contributed by atoms with Crippen molar-refractivity contribution in [2.24, 2.45) is 5.92 Å². The van der Waals surface area contributed by atoms with Crippen molar-refractivity contribution in [3.63, 3.8) is 0 Å².